The Balaban J connectivity index is -0.000000176. The lowest BCUT2D eigenvalue weighted by Crippen LogP contribution is -2.28. The molecule has 1 fully saturated rings. The van der Waals surface area contributed by atoms with Crippen LogP contribution in [0, 0.1) is 0 Å². The molecule has 1 aliphatic rings. The highest BCUT2D eigenvalue weighted by Crippen LogP contribution is 2.22. The summed E-state index contributed by atoms with van der Waals surface area (Å²) in [6.07, 6.45) is 3.82. The van der Waals surface area contributed by atoms with Crippen molar-refractivity contribution in [2.24, 2.45) is 0 Å². The highest BCUT2D eigenvalue weighted by atomic mass is 16.5. The summed E-state index contributed by atoms with van der Waals surface area (Å²) in [6.45, 7) is 13.3. The van der Waals surface area contributed by atoms with E-state index in [1.54, 1.807) is 0 Å². The van der Waals surface area contributed by atoms with Gasteiger partial charge in [0.1, 0.15) is 0 Å². The summed E-state index contributed by atoms with van der Waals surface area (Å²) >= 11 is 0. The minimum Gasteiger partial charge on any atom is -0.376 e. The number of nitrogens with one attached hydrogen (secondary N) is 1. The average Bonchev–Trinajstić information content (AvgIpc) is 2.24. The van der Waals surface area contributed by atoms with E-state index < -0.39 is 0 Å². The van der Waals surface area contributed by atoms with Crippen molar-refractivity contribution in [3.63, 3.8) is 0 Å². The zero-order chi connectivity index (χ0) is 12.7. The van der Waals surface area contributed by atoms with E-state index in [4.69, 9.17) is 4.74 Å². The van der Waals surface area contributed by atoms with Gasteiger partial charge in [0.05, 0.1) is 5.60 Å². The van der Waals surface area contributed by atoms with Gasteiger partial charge >= 0.3 is 0 Å². The predicted molar refractivity (Wildman–Crippen MR) is 71.6 cm³/mol. The third-order valence-electron chi connectivity index (χ3n) is 1.67. The largest absolute Gasteiger partial charge is 0.376 e. The number of ether oxygens (including phenoxy) is 1. The molecule has 1 aliphatic heterocycles. The first-order chi connectivity index (χ1) is 7.12. The summed E-state index contributed by atoms with van der Waals surface area (Å²) < 4.78 is 5.47. The molecular weight excluding hydrogens is 186 g/mol. The normalized spacial score (nSPS) is 16.8. The summed E-state index contributed by atoms with van der Waals surface area (Å²) in [5.74, 6) is 0. The Morgan fingerprint density at radius 3 is 1.47 bits per heavy atom. The Labute approximate surface area is 97.8 Å². The molecule has 1 N–H and O–H groups in total. The minimum absolute atomic E-state index is 0.179. The van der Waals surface area contributed by atoms with E-state index >= 15 is 0 Å². The molecular formula is C13H33NO. The van der Waals surface area contributed by atoms with E-state index in [9.17, 15) is 0 Å². The average molecular weight is 219 g/mol. The van der Waals surface area contributed by atoms with Gasteiger partial charge in [-0.1, -0.05) is 27.7 Å². The second kappa shape index (κ2) is 16.4. The highest BCUT2D eigenvalue weighted by Gasteiger charge is 2.20. The first kappa shape index (κ1) is 20.3. The standard InChI is InChI=1S/C7H14O.C2H7N.2C2H6/c1-7(2)5-3-4-6-8-7;1-3-2;2*1-2/h3-6H2,1-2H3;3H,1-2H3;2*1-2H3. The molecule has 1 heterocycles. The molecule has 2 nitrogen and oxygen atoms in total. The smallest absolute Gasteiger partial charge is 0.0626 e. The summed E-state index contributed by atoms with van der Waals surface area (Å²) in [6, 6.07) is 0. The van der Waals surface area contributed by atoms with Crippen molar-refractivity contribution in [1.29, 1.82) is 0 Å². The van der Waals surface area contributed by atoms with Gasteiger partial charge in [-0.05, 0) is 47.2 Å². The van der Waals surface area contributed by atoms with Gasteiger partial charge in [-0.15, -0.1) is 0 Å². The molecule has 0 amide bonds. The first-order valence-electron chi connectivity index (χ1n) is 6.35. The van der Waals surface area contributed by atoms with Gasteiger partial charge < -0.3 is 10.1 Å². The third-order valence-corrected chi connectivity index (χ3v) is 1.67. The van der Waals surface area contributed by atoms with Crippen molar-refractivity contribution in [3.8, 4) is 0 Å². The van der Waals surface area contributed by atoms with Crippen LogP contribution in [-0.4, -0.2) is 26.3 Å². The number of hydrogen-bond acceptors (Lipinski definition) is 2. The van der Waals surface area contributed by atoms with Crippen LogP contribution in [-0.2, 0) is 4.74 Å². The second-order valence-corrected chi connectivity index (χ2v) is 3.57. The Hall–Kier alpha value is -0.0800. The molecule has 0 aromatic carbocycles. The number of hydrogen-bond donors (Lipinski definition) is 1. The SMILES string of the molecule is CC.CC.CC1(C)CCCCO1.CNC. The molecule has 15 heavy (non-hydrogen) atoms. The number of rotatable bonds is 0. The van der Waals surface area contributed by atoms with Crippen LogP contribution in [0.5, 0.6) is 0 Å². The molecule has 0 atom stereocenters. The van der Waals surface area contributed by atoms with E-state index in [1.165, 1.54) is 19.3 Å². The van der Waals surface area contributed by atoms with E-state index in [-0.39, 0.29) is 5.60 Å². The van der Waals surface area contributed by atoms with Gasteiger partial charge in [0.25, 0.3) is 0 Å². The summed E-state index contributed by atoms with van der Waals surface area (Å²) in [7, 11) is 3.75. The molecule has 0 aliphatic carbocycles. The van der Waals surface area contributed by atoms with Gasteiger partial charge in [0.2, 0.25) is 0 Å². The fourth-order valence-corrected chi connectivity index (χ4v) is 1.07. The fraction of sp³-hybridized carbons (Fsp3) is 1.00. The van der Waals surface area contributed by atoms with E-state index in [2.05, 4.69) is 19.2 Å². The van der Waals surface area contributed by atoms with Gasteiger partial charge in [-0.25, -0.2) is 0 Å². The Kier molecular flexibility index (Phi) is 22.2. The van der Waals surface area contributed by atoms with Crippen LogP contribution < -0.4 is 5.32 Å². The van der Waals surface area contributed by atoms with Crippen molar-refractivity contribution in [1.82, 2.24) is 5.32 Å². The molecule has 0 spiro atoms. The molecule has 0 aromatic rings. The van der Waals surface area contributed by atoms with Crippen LogP contribution >= 0.6 is 0 Å². The van der Waals surface area contributed by atoms with Crippen molar-refractivity contribution in [3.05, 3.63) is 0 Å². The lowest BCUT2D eigenvalue weighted by molar-refractivity contribution is -0.0511. The summed E-state index contributed by atoms with van der Waals surface area (Å²) in [5, 5.41) is 2.75. The topological polar surface area (TPSA) is 21.3 Å². The van der Waals surface area contributed by atoms with Crippen LogP contribution in [0.4, 0.5) is 0 Å². The quantitative estimate of drug-likeness (QED) is 0.668. The molecule has 0 aromatic heterocycles. The van der Waals surface area contributed by atoms with Crippen molar-refractivity contribution < 1.29 is 4.74 Å². The zero-order valence-electron chi connectivity index (χ0n) is 12.2. The maximum absolute atomic E-state index is 5.47. The van der Waals surface area contributed by atoms with Gasteiger partial charge in [0, 0.05) is 6.61 Å². The van der Waals surface area contributed by atoms with E-state index in [0.29, 0.717) is 0 Å². The van der Waals surface area contributed by atoms with Crippen molar-refractivity contribution in [2.45, 2.75) is 66.4 Å². The molecule has 0 saturated carbocycles. The van der Waals surface area contributed by atoms with Gasteiger partial charge in [-0.3, -0.25) is 0 Å². The van der Waals surface area contributed by atoms with Gasteiger partial charge in [-0.2, -0.15) is 0 Å². The Morgan fingerprint density at radius 2 is 1.33 bits per heavy atom. The highest BCUT2D eigenvalue weighted by molar-refractivity contribution is 4.71. The van der Waals surface area contributed by atoms with Crippen LogP contribution in [0.3, 0.4) is 0 Å². The second-order valence-electron chi connectivity index (χ2n) is 3.57. The molecule has 96 valence electrons. The fourth-order valence-electron chi connectivity index (χ4n) is 1.07. The van der Waals surface area contributed by atoms with Crippen molar-refractivity contribution in [2.75, 3.05) is 20.7 Å². The van der Waals surface area contributed by atoms with Gasteiger partial charge in [0.15, 0.2) is 0 Å². The molecule has 2 heteroatoms. The maximum atomic E-state index is 5.47. The maximum Gasteiger partial charge on any atom is 0.0626 e. The van der Waals surface area contributed by atoms with Crippen LogP contribution in [0.15, 0.2) is 0 Å². The summed E-state index contributed by atoms with van der Waals surface area (Å²) in [5.41, 5.74) is 0.179. The monoisotopic (exact) mass is 219 g/mol. The molecule has 0 bridgehead atoms. The lowest BCUT2D eigenvalue weighted by Gasteiger charge is -2.29. The van der Waals surface area contributed by atoms with Crippen LogP contribution in [0.25, 0.3) is 0 Å². The summed E-state index contributed by atoms with van der Waals surface area (Å²) in [4.78, 5) is 0. The van der Waals surface area contributed by atoms with E-state index in [1.807, 2.05) is 41.8 Å². The Morgan fingerprint density at radius 1 is 0.933 bits per heavy atom. The predicted octanol–water partition coefficient (Wildman–Crippen LogP) is 3.85. The van der Waals surface area contributed by atoms with Crippen LogP contribution in [0.2, 0.25) is 0 Å². The van der Waals surface area contributed by atoms with Crippen LogP contribution in [0.1, 0.15) is 60.8 Å². The minimum atomic E-state index is 0.179. The third kappa shape index (κ3) is 20.1. The first-order valence-corrected chi connectivity index (χ1v) is 6.35. The zero-order valence-corrected chi connectivity index (χ0v) is 12.2. The molecule has 1 saturated heterocycles. The lowest BCUT2D eigenvalue weighted by atomic mass is 9.99. The van der Waals surface area contributed by atoms with E-state index in [0.717, 1.165) is 6.61 Å². The molecule has 1 rings (SSSR count). The van der Waals surface area contributed by atoms with Crippen molar-refractivity contribution >= 4 is 0 Å². The molecule has 0 radical (unpaired) electrons. The Bertz CT molecular complexity index is 84.5. The molecule has 0 unspecified atom stereocenters.